The Bertz CT molecular complexity index is 496. The molecule has 2 rings (SSSR count). The number of unbranched alkanes of at least 4 members (excludes halogenated alkanes) is 3. The summed E-state index contributed by atoms with van der Waals surface area (Å²) in [6.45, 7) is 2.17. The molecule has 0 aliphatic heterocycles. The van der Waals surface area contributed by atoms with Gasteiger partial charge in [0, 0.05) is 11.8 Å². The molecule has 17 heavy (non-hydrogen) atoms. The number of rotatable bonds is 6. The van der Waals surface area contributed by atoms with Crippen LogP contribution in [0.4, 0.5) is 0 Å². The summed E-state index contributed by atoms with van der Waals surface area (Å²) >= 11 is 0. The first-order valence-corrected chi connectivity index (χ1v) is 6.32. The van der Waals surface area contributed by atoms with Crippen molar-refractivity contribution in [1.29, 1.82) is 0 Å². The number of hydrogen-bond donors (Lipinski definition) is 0. The van der Waals surface area contributed by atoms with Crippen LogP contribution in [0.15, 0.2) is 34.9 Å². The molecule has 0 radical (unpaired) electrons. The summed E-state index contributed by atoms with van der Waals surface area (Å²) in [5, 5.41) is 0.938. The van der Waals surface area contributed by atoms with Crippen molar-refractivity contribution >= 4 is 16.8 Å². The molecular weight excluding hydrogens is 212 g/mol. The fourth-order valence-corrected chi connectivity index (χ4v) is 2.04. The fourth-order valence-electron chi connectivity index (χ4n) is 2.04. The lowest BCUT2D eigenvalue weighted by molar-refractivity contribution is 0.0980. The van der Waals surface area contributed by atoms with E-state index in [1.165, 1.54) is 12.8 Å². The molecule has 2 nitrogen and oxygen atoms in total. The molecule has 1 aromatic heterocycles. The van der Waals surface area contributed by atoms with Crippen molar-refractivity contribution in [2.75, 3.05) is 0 Å². The topological polar surface area (TPSA) is 30.2 Å². The van der Waals surface area contributed by atoms with Crippen LogP contribution in [0.2, 0.25) is 0 Å². The van der Waals surface area contributed by atoms with E-state index in [4.69, 9.17) is 4.42 Å². The number of carbonyl (C=O) groups is 1. The van der Waals surface area contributed by atoms with Crippen LogP contribution >= 0.6 is 0 Å². The molecule has 0 saturated carbocycles. The van der Waals surface area contributed by atoms with Crippen LogP contribution in [0.1, 0.15) is 49.4 Å². The van der Waals surface area contributed by atoms with Gasteiger partial charge in [-0.3, -0.25) is 4.79 Å². The van der Waals surface area contributed by atoms with Gasteiger partial charge in [0.05, 0.1) is 5.56 Å². The summed E-state index contributed by atoms with van der Waals surface area (Å²) in [5.41, 5.74) is 1.53. The number of fused-ring (bicyclic) bond motifs is 1. The van der Waals surface area contributed by atoms with Gasteiger partial charge in [0.25, 0.3) is 0 Å². The number of carbonyl (C=O) groups excluding carboxylic acids is 1. The third kappa shape index (κ3) is 2.76. The van der Waals surface area contributed by atoms with Crippen molar-refractivity contribution < 1.29 is 9.21 Å². The summed E-state index contributed by atoms with van der Waals surface area (Å²) in [6.07, 6.45) is 6.74. The highest BCUT2D eigenvalue weighted by Gasteiger charge is 2.12. The van der Waals surface area contributed by atoms with Crippen LogP contribution in [0.5, 0.6) is 0 Å². The van der Waals surface area contributed by atoms with E-state index in [-0.39, 0.29) is 5.78 Å². The molecule has 0 atom stereocenters. The van der Waals surface area contributed by atoms with Gasteiger partial charge in [0.2, 0.25) is 0 Å². The van der Waals surface area contributed by atoms with Crippen LogP contribution in [0.3, 0.4) is 0 Å². The molecule has 90 valence electrons. The summed E-state index contributed by atoms with van der Waals surface area (Å²) in [4.78, 5) is 12.0. The molecule has 0 saturated heterocycles. The zero-order chi connectivity index (χ0) is 12.1. The lowest BCUT2D eigenvalue weighted by Gasteiger charge is -1.98. The highest BCUT2D eigenvalue weighted by molar-refractivity contribution is 6.06. The second kappa shape index (κ2) is 5.67. The van der Waals surface area contributed by atoms with Gasteiger partial charge in [-0.1, -0.05) is 44.4 Å². The van der Waals surface area contributed by atoms with Gasteiger partial charge in [-0.25, -0.2) is 0 Å². The molecule has 0 unspecified atom stereocenters. The molecule has 1 heterocycles. The largest absolute Gasteiger partial charge is 0.464 e. The maximum absolute atomic E-state index is 12.0. The molecule has 0 fully saturated rings. The Labute approximate surface area is 102 Å². The molecule has 0 bridgehead atoms. The lowest BCUT2D eigenvalue weighted by Crippen LogP contribution is -1.97. The minimum absolute atomic E-state index is 0.200. The summed E-state index contributed by atoms with van der Waals surface area (Å²) in [7, 11) is 0. The Hall–Kier alpha value is -1.57. The quantitative estimate of drug-likeness (QED) is 0.537. The Morgan fingerprint density at radius 1 is 1.18 bits per heavy atom. The van der Waals surface area contributed by atoms with E-state index in [1.807, 2.05) is 24.3 Å². The van der Waals surface area contributed by atoms with E-state index in [0.29, 0.717) is 6.42 Å². The van der Waals surface area contributed by atoms with E-state index in [2.05, 4.69) is 6.92 Å². The van der Waals surface area contributed by atoms with Crippen molar-refractivity contribution in [1.82, 2.24) is 0 Å². The molecule has 0 amide bonds. The average molecular weight is 230 g/mol. The number of benzene rings is 1. The number of ketones is 1. The highest BCUT2D eigenvalue weighted by atomic mass is 16.3. The Kier molecular flexibility index (Phi) is 3.97. The van der Waals surface area contributed by atoms with E-state index in [9.17, 15) is 4.79 Å². The van der Waals surface area contributed by atoms with Crippen molar-refractivity contribution in [2.24, 2.45) is 0 Å². The molecule has 2 aromatic rings. The first kappa shape index (κ1) is 11.9. The number of para-hydroxylation sites is 1. The molecule has 0 spiro atoms. The minimum Gasteiger partial charge on any atom is -0.464 e. The van der Waals surface area contributed by atoms with Crippen LogP contribution in [0.25, 0.3) is 11.0 Å². The van der Waals surface area contributed by atoms with Gasteiger partial charge in [-0.15, -0.1) is 0 Å². The maximum Gasteiger partial charge on any atom is 0.166 e. The van der Waals surface area contributed by atoms with Crippen molar-refractivity contribution in [3.8, 4) is 0 Å². The predicted octanol–water partition coefficient (Wildman–Crippen LogP) is 4.59. The van der Waals surface area contributed by atoms with Crippen LogP contribution in [-0.2, 0) is 0 Å². The van der Waals surface area contributed by atoms with E-state index in [1.54, 1.807) is 6.26 Å². The van der Waals surface area contributed by atoms with E-state index >= 15 is 0 Å². The van der Waals surface area contributed by atoms with Gasteiger partial charge in [0.15, 0.2) is 5.78 Å². The van der Waals surface area contributed by atoms with Gasteiger partial charge in [-0.2, -0.15) is 0 Å². The van der Waals surface area contributed by atoms with Gasteiger partial charge in [0.1, 0.15) is 11.8 Å². The number of Topliss-reactive ketones (excluding diaryl/α,β-unsaturated/α-hetero) is 1. The molecule has 0 aliphatic carbocycles. The SMILES string of the molecule is CCCCCCC(=O)c1coc2ccccc12. The Morgan fingerprint density at radius 3 is 2.82 bits per heavy atom. The molecule has 1 aromatic carbocycles. The first-order valence-electron chi connectivity index (χ1n) is 6.32. The Morgan fingerprint density at radius 2 is 2.00 bits per heavy atom. The number of hydrogen-bond acceptors (Lipinski definition) is 2. The van der Waals surface area contributed by atoms with E-state index < -0.39 is 0 Å². The van der Waals surface area contributed by atoms with Crippen LogP contribution in [0, 0.1) is 0 Å². The molecule has 0 N–H and O–H groups in total. The third-order valence-electron chi connectivity index (χ3n) is 3.04. The highest BCUT2D eigenvalue weighted by Crippen LogP contribution is 2.22. The van der Waals surface area contributed by atoms with Crippen molar-refractivity contribution in [3.63, 3.8) is 0 Å². The van der Waals surface area contributed by atoms with Gasteiger partial charge in [-0.05, 0) is 12.5 Å². The first-order chi connectivity index (χ1) is 8.33. The normalized spacial score (nSPS) is 10.9. The summed E-state index contributed by atoms with van der Waals surface area (Å²) in [5.74, 6) is 0.200. The second-order valence-electron chi connectivity index (χ2n) is 4.38. The third-order valence-corrected chi connectivity index (χ3v) is 3.04. The smallest absolute Gasteiger partial charge is 0.166 e. The zero-order valence-electron chi connectivity index (χ0n) is 10.2. The van der Waals surface area contributed by atoms with Crippen LogP contribution in [-0.4, -0.2) is 5.78 Å². The summed E-state index contributed by atoms with van der Waals surface area (Å²) in [6, 6.07) is 7.69. The average Bonchev–Trinajstić information content (AvgIpc) is 2.78. The van der Waals surface area contributed by atoms with Gasteiger partial charge >= 0.3 is 0 Å². The zero-order valence-corrected chi connectivity index (χ0v) is 10.2. The maximum atomic E-state index is 12.0. The monoisotopic (exact) mass is 230 g/mol. The van der Waals surface area contributed by atoms with Crippen LogP contribution < -0.4 is 0 Å². The number of furan rings is 1. The van der Waals surface area contributed by atoms with Crippen molar-refractivity contribution in [2.45, 2.75) is 39.0 Å². The summed E-state index contributed by atoms with van der Waals surface area (Å²) < 4.78 is 5.38. The lowest BCUT2D eigenvalue weighted by atomic mass is 10.0. The minimum atomic E-state index is 0.200. The fraction of sp³-hybridized carbons (Fsp3) is 0.400. The van der Waals surface area contributed by atoms with Crippen molar-refractivity contribution in [3.05, 3.63) is 36.1 Å². The molecule has 0 aliphatic rings. The van der Waals surface area contributed by atoms with E-state index in [0.717, 1.165) is 29.4 Å². The molecular formula is C15H18O2. The standard InChI is InChI=1S/C15H18O2/c1-2-3-4-5-9-14(16)13-11-17-15-10-7-6-8-12(13)15/h6-8,10-11H,2-5,9H2,1H3. The second-order valence-corrected chi connectivity index (χ2v) is 4.38. The predicted molar refractivity (Wildman–Crippen MR) is 69.3 cm³/mol. The Balaban J connectivity index is 2.04. The molecule has 2 heteroatoms. The van der Waals surface area contributed by atoms with Gasteiger partial charge < -0.3 is 4.42 Å².